The van der Waals surface area contributed by atoms with Crippen LogP contribution in [0.3, 0.4) is 0 Å². The number of carboxylic acid groups (broad SMARTS) is 1. The first-order valence-corrected chi connectivity index (χ1v) is 8.26. The Morgan fingerprint density at radius 1 is 1.21 bits per heavy atom. The lowest BCUT2D eigenvalue weighted by Crippen LogP contribution is -2.18. The van der Waals surface area contributed by atoms with Crippen molar-refractivity contribution in [2.45, 2.75) is 5.03 Å². The lowest BCUT2D eigenvalue weighted by atomic mass is 10.3. The van der Waals surface area contributed by atoms with E-state index >= 15 is 0 Å². The molecular weight excluding hydrogens is 334 g/mol. The van der Waals surface area contributed by atoms with Crippen LogP contribution in [-0.4, -0.2) is 39.1 Å². The number of aromatic carboxylic acids is 1. The third-order valence-electron chi connectivity index (χ3n) is 3.25. The molecule has 0 saturated carbocycles. The van der Waals surface area contributed by atoms with Gasteiger partial charge in [-0.05, 0) is 24.3 Å². The van der Waals surface area contributed by atoms with Crippen LogP contribution in [0.2, 0.25) is 0 Å². The third kappa shape index (κ3) is 2.86. The number of sulfonamides is 1. The van der Waals surface area contributed by atoms with Crippen molar-refractivity contribution in [2.75, 3.05) is 4.72 Å². The zero-order valence-electron chi connectivity index (χ0n) is 12.5. The maximum absolute atomic E-state index is 12.5. The first kappa shape index (κ1) is 15.7. The van der Waals surface area contributed by atoms with E-state index in [1.54, 1.807) is 24.3 Å². The van der Waals surface area contributed by atoms with Crippen molar-refractivity contribution in [3.05, 3.63) is 54.5 Å². The number of nitrogens with zero attached hydrogens (tertiary/aromatic N) is 4. The van der Waals surface area contributed by atoms with Gasteiger partial charge in [-0.2, -0.15) is 18.6 Å². The van der Waals surface area contributed by atoms with E-state index in [0.29, 0.717) is 5.69 Å². The average Bonchev–Trinajstić information content (AvgIpc) is 3.16. The quantitative estimate of drug-likeness (QED) is 0.713. The highest BCUT2D eigenvalue weighted by Crippen LogP contribution is 2.23. The van der Waals surface area contributed by atoms with Gasteiger partial charge in [0, 0.05) is 13.2 Å². The number of aromatic nitrogens is 4. The van der Waals surface area contributed by atoms with Crippen molar-refractivity contribution in [1.82, 2.24) is 19.6 Å². The van der Waals surface area contributed by atoms with E-state index in [1.165, 1.54) is 40.9 Å². The number of aryl methyl sites for hydroxylation is 1. The second-order valence-electron chi connectivity index (χ2n) is 4.87. The monoisotopic (exact) mass is 347 g/mol. The van der Waals surface area contributed by atoms with E-state index in [4.69, 9.17) is 5.11 Å². The molecule has 24 heavy (non-hydrogen) atoms. The minimum Gasteiger partial charge on any atom is -0.476 e. The Morgan fingerprint density at radius 3 is 2.58 bits per heavy atom. The molecule has 0 radical (unpaired) electrons. The van der Waals surface area contributed by atoms with Gasteiger partial charge >= 0.3 is 5.97 Å². The number of carbonyl (C=O) groups is 1. The number of hydrogen-bond donors (Lipinski definition) is 2. The summed E-state index contributed by atoms with van der Waals surface area (Å²) in [6, 6.07) is 9.24. The minimum absolute atomic E-state index is 0.00370. The molecule has 3 aromatic rings. The van der Waals surface area contributed by atoms with Crippen LogP contribution in [0.5, 0.6) is 0 Å². The molecule has 0 fully saturated rings. The Bertz CT molecular complexity index is 1010. The highest BCUT2D eigenvalue weighted by Gasteiger charge is 2.20. The number of para-hydroxylation sites is 2. The summed E-state index contributed by atoms with van der Waals surface area (Å²) in [5.74, 6) is -1.17. The Labute approximate surface area is 137 Å². The number of nitrogens with one attached hydrogen (secondary N) is 1. The van der Waals surface area contributed by atoms with Crippen molar-refractivity contribution < 1.29 is 18.3 Å². The van der Waals surface area contributed by atoms with Crippen molar-refractivity contribution >= 4 is 21.7 Å². The van der Waals surface area contributed by atoms with Crippen molar-refractivity contribution in [2.24, 2.45) is 7.05 Å². The second-order valence-corrected chi connectivity index (χ2v) is 6.50. The molecule has 2 heterocycles. The van der Waals surface area contributed by atoms with Crippen LogP contribution in [0.4, 0.5) is 5.69 Å². The summed E-state index contributed by atoms with van der Waals surface area (Å²) in [5, 5.41) is 16.7. The number of hydrogen-bond acceptors (Lipinski definition) is 5. The molecule has 0 atom stereocenters. The molecule has 0 aliphatic carbocycles. The molecule has 10 heteroatoms. The van der Waals surface area contributed by atoms with Gasteiger partial charge in [0.1, 0.15) is 0 Å². The van der Waals surface area contributed by atoms with E-state index in [0.717, 1.165) is 0 Å². The summed E-state index contributed by atoms with van der Waals surface area (Å²) in [6.07, 6.45) is 2.83. The molecule has 2 N–H and O–H groups in total. The summed E-state index contributed by atoms with van der Waals surface area (Å²) in [5.41, 5.74) is 0.522. The van der Waals surface area contributed by atoms with E-state index in [9.17, 15) is 13.2 Å². The highest BCUT2D eigenvalue weighted by molar-refractivity contribution is 7.92. The Morgan fingerprint density at radius 2 is 1.96 bits per heavy atom. The van der Waals surface area contributed by atoms with E-state index in [2.05, 4.69) is 14.9 Å². The van der Waals surface area contributed by atoms with Crippen LogP contribution >= 0.6 is 0 Å². The number of benzene rings is 1. The van der Waals surface area contributed by atoms with Gasteiger partial charge in [0.15, 0.2) is 10.7 Å². The summed E-state index contributed by atoms with van der Waals surface area (Å²) < 4.78 is 30.0. The molecule has 9 nitrogen and oxygen atoms in total. The molecule has 0 aliphatic heterocycles. The molecule has 2 aromatic heterocycles. The molecule has 0 spiro atoms. The van der Waals surface area contributed by atoms with Gasteiger partial charge in [0.05, 0.1) is 17.6 Å². The molecule has 0 unspecified atom stereocenters. The second kappa shape index (κ2) is 5.81. The van der Waals surface area contributed by atoms with Crippen molar-refractivity contribution in [3.63, 3.8) is 0 Å². The van der Waals surface area contributed by atoms with E-state index in [-0.39, 0.29) is 16.4 Å². The van der Waals surface area contributed by atoms with Gasteiger partial charge in [-0.3, -0.25) is 9.40 Å². The molecule has 1 aromatic carbocycles. The molecule has 0 amide bonds. The summed E-state index contributed by atoms with van der Waals surface area (Å²) in [4.78, 5) is 11.0. The fourth-order valence-corrected chi connectivity index (χ4v) is 3.36. The van der Waals surface area contributed by atoms with Gasteiger partial charge in [-0.25, -0.2) is 9.48 Å². The van der Waals surface area contributed by atoms with Gasteiger partial charge < -0.3 is 5.11 Å². The largest absolute Gasteiger partial charge is 0.476 e. The van der Waals surface area contributed by atoms with Gasteiger partial charge in [0.2, 0.25) is 0 Å². The molecule has 0 bridgehead atoms. The predicted molar refractivity (Wildman–Crippen MR) is 84.5 cm³/mol. The maximum Gasteiger partial charge on any atom is 0.356 e. The molecule has 3 rings (SSSR count). The van der Waals surface area contributed by atoms with Gasteiger partial charge in [0.25, 0.3) is 10.0 Å². The van der Waals surface area contributed by atoms with Crippen LogP contribution in [0.1, 0.15) is 10.5 Å². The summed E-state index contributed by atoms with van der Waals surface area (Å²) >= 11 is 0. The van der Waals surface area contributed by atoms with Crippen molar-refractivity contribution in [3.8, 4) is 5.69 Å². The summed E-state index contributed by atoms with van der Waals surface area (Å²) in [6.45, 7) is 0. The maximum atomic E-state index is 12.5. The highest BCUT2D eigenvalue weighted by atomic mass is 32.2. The zero-order valence-corrected chi connectivity index (χ0v) is 13.3. The third-order valence-corrected chi connectivity index (χ3v) is 4.69. The SMILES string of the molecule is Cn1nccc1S(=O)(=O)Nc1ccccc1-n1ccc(C(=O)O)n1. The Hall–Kier alpha value is -3.14. The van der Waals surface area contributed by atoms with Gasteiger partial charge in [-0.1, -0.05) is 12.1 Å². The summed E-state index contributed by atoms with van der Waals surface area (Å²) in [7, 11) is -2.33. The zero-order chi connectivity index (χ0) is 17.3. The fourth-order valence-electron chi connectivity index (χ4n) is 2.15. The van der Waals surface area contributed by atoms with Crippen LogP contribution < -0.4 is 4.72 Å². The van der Waals surface area contributed by atoms with E-state index < -0.39 is 16.0 Å². The standard InChI is InChI=1S/C14H13N5O4S/c1-18-13(6-8-15-18)24(22,23)17-10-4-2-3-5-12(10)19-9-7-11(16-19)14(20)21/h2-9,17H,1H3,(H,20,21). The topological polar surface area (TPSA) is 119 Å². The van der Waals surface area contributed by atoms with Crippen LogP contribution in [0, 0.1) is 0 Å². The van der Waals surface area contributed by atoms with Crippen LogP contribution in [-0.2, 0) is 17.1 Å². The number of rotatable bonds is 5. The molecule has 0 saturated heterocycles. The molecule has 0 aliphatic rings. The lowest BCUT2D eigenvalue weighted by molar-refractivity contribution is 0.0690. The Kier molecular flexibility index (Phi) is 3.81. The smallest absolute Gasteiger partial charge is 0.356 e. The molecule has 124 valence electrons. The number of carboxylic acids is 1. The number of anilines is 1. The van der Waals surface area contributed by atoms with E-state index in [1.807, 2.05) is 0 Å². The molecular formula is C14H13N5O4S. The average molecular weight is 347 g/mol. The van der Waals surface area contributed by atoms with Crippen LogP contribution in [0.15, 0.2) is 53.8 Å². The Balaban J connectivity index is 2.01. The van der Waals surface area contributed by atoms with Crippen LogP contribution in [0.25, 0.3) is 5.69 Å². The van der Waals surface area contributed by atoms with Gasteiger partial charge in [-0.15, -0.1) is 0 Å². The normalized spacial score (nSPS) is 11.4. The minimum atomic E-state index is -3.85. The predicted octanol–water partition coefficient (Wildman–Crippen LogP) is 1.10. The van der Waals surface area contributed by atoms with Crippen molar-refractivity contribution in [1.29, 1.82) is 0 Å². The lowest BCUT2D eigenvalue weighted by Gasteiger charge is -2.12. The first-order valence-electron chi connectivity index (χ1n) is 6.78. The first-order chi connectivity index (χ1) is 11.4. The fraction of sp³-hybridized carbons (Fsp3) is 0.0714.